The Morgan fingerprint density at radius 3 is 2.73 bits per heavy atom. The molecular weight excluding hydrogens is 332 g/mol. The molecule has 0 amide bonds. The summed E-state index contributed by atoms with van der Waals surface area (Å²) in [7, 11) is 1.62. The fourth-order valence-electron chi connectivity index (χ4n) is 3.00. The Hall–Kier alpha value is -3.32. The Balaban J connectivity index is 1.94. The van der Waals surface area contributed by atoms with E-state index in [0.717, 1.165) is 10.9 Å². The van der Waals surface area contributed by atoms with Gasteiger partial charge in [0.15, 0.2) is 0 Å². The van der Waals surface area contributed by atoms with Gasteiger partial charge in [0.05, 0.1) is 12.1 Å². The zero-order valence-electron chi connectivity index (χ0n) is 14.2. The van der Waals surface area contributed by atoms with E-state index in [4.69, 9.17) is 15.2 Å². The minimum atomic E-state index is -0.264. The molecule has 26 heavy (non-hydrogen) atoms. The first-order valence-corrected chi connectivity index (χ1v) is 8.21. The van der Waals surface area contributed by atoms with E-state index >= 15 is 0 Å². The summed E-state index contributed by atoms with van der Waals surface area (Å²) >= 11 is 0. The number of nitrogen functional groups attached to an aromatic ring is 1. The molecule has 3 N–H and O–H groups in total. The van der Waals surface area contributed by atoms with Gasteiger partial charge in [-0.05, 0) is 18.2 Å². The van der Waals surface area contributed by atoms with Gasteiger partial charge in [-0.15, -0.1) is 0 Å². The van der Waals surface area contributed by atoms with E-state index < -0.39 is 0 Å². The van der Waals surface area contributed by atoms with Crippen LogP contribution < -0.4 is 16.0 Å². The maximum Gasteiger partial charge on any atom is 0.261 e. The first kappa shape index (κ1) is 16.2. The molecule has 0 aliphatic carbocycles. The van der Waals surface area contributed by atoms with Gasteiger partial charge in [0, 0.05) is 12.5 Å². The fourth-order valence-corrected chi connectivity index (χ4v) is 3.00. The first-order valence-electron chi connectivity index (χ1n) is 8.21. The quantitative estimate of drug-likeness (QED) is 0.539. The average Bonchev–Trinajstić information content (AvgIpc) is 3.01. The van der Waals surface area contributed by atoms with E-state index in [-0.39, 0.29) is 11.4 Å². The third-order valence-electron chi connectivity index (χ3n) is 4.22. The normalized spacial score (nSPS) is 11.3. The third kappa shape index (κ3) is 2.58. The van der Waals surface area contributed by atoms with Gasteiger partial charge in [-0.25, -0.2) is 4.68 Å². The SMILES string of the molecule is COCCOc1ccccc1-n1nc2c(c1N)c(=O)[nH]c1ccccc12. The molecule has 0 unspecified atom stereocenters. The van der Waals surface area contributed by atoms with Crippen molar-refractivity contribution in [3.05, 3.63) is 58.9 Å². The number of aromatic nitrogens is 3. The van der Waals surface area contributed by atoms with Crippen LogP contribution in [0.15, 0.2) is 53.3 Å². The Morgan fingerprint density at radius 2 is 1.88 bits per heavy atom. The van der Waals surface area contributed by atoms with Crippen molar-refractivity contribution in [2.75, 3.05) is 26.1 Å². The molecular formula is C19H18N4O3. The van der Waals surface area contributed by atoms with Crippen molar-refractivity contribution in [3.8, 4) is 11.4 Å². The molecule has 2 aromatic carbocycles. The molecule has 0 aliphatic heterocycles. The standard InChI is InChI=1S/C19H18N4O3/c1-25-10-11-26-15-9-5-4-8-14(15)23-18(20)16-17(22-23)12-6-2-3-7-13(12)21-19(16)24/h2-9H,10-11,20H2,1H3,(H,21,24). The van der Waals surface area contributed by atoms with E-state index in [9.17, 15) is 4.79 Å². The Labute approximate surface area is 149 Å². The topological polar surface area (TPSA) is 95.2 Å². The van der Waals surface area contributed by atoms with Gasteiger partial charge in [-0.2, -0.15) is 5.10 Å². The van der Waals surface area contributed by atoms with Crippen LogP contribution in [0.4, 0.5) is 5.82 Å². The number of anilines is 1. The number of H-pyrrole nitrogens is 1. The van der Waals surface area contributed by atoms with Gasteiger partial charge in [0.2, 0.25) is 0 Å². The van der Waals surface area contributed by atoms with Crippen LogP contribution in [-0.2, 0) is 4.74 Å². The number of fused-ring (bicyclic) bond motifs is 3. The molecule has 4 aromatic rings. The number of methoxy groups -OCH3 is 1. The second-order valence-corrected chi connectivity index (χ2v) is 5.83. The highest BCUT2D eigenvalue weighted by Crippen LogP contribution is 2.30. The molecule has 2 aromatic heterocycles. The number of ether oxygens (including phenoxy) is 2. The Kier molecular flexibility index (Phi) is 4.06. The summed E-state index contributed by atoms with van der Waals surface area (Å²) in [6, 6.07) is 14.9. The molecule has 7 nitrogen and oxygen atoms in total. The van der Waals surface area contributed by atoms with Crippen molar-refractivity contribution in [1.82, 2.24) is 14.8 Å². The number of nitrogens with one attached hydrogen (secondary N) is 1. The van der Waals surface area contributed by atoms with Crippen molar-refractivity contribution in [2.24, 2.45) is 0 Å². The number of hydrogen-bond acceptors (Lipinski definition) is 5. The lowest BCUT2D eigenvalue weighted by molar-refractivity contribution is 0.146. The highest BCUT2D eigenvalue weighted by molar-refractivity contribution is 6.06. The zero-order chi connectivity index (χ0) is 18.1. The molecule has 2 heterocycles. The number of para-hydroxylation sites is 3. The molecule has 0 atom stereocenters. The minimum absolute atomic E-state index is 0.264. The van der Waals surface area contributed by atoms with Crippen molar-refractivity contribution in [1.29, 1.82) is 0 Å². The van der Waals surface area contributed by atoms with Crippen LogP contribution in [0.5, 0.6) is 5.75 Å². The number of aromatic amines is 1. The van der Waals surface area contributed by atoms with Crippen LogP contribution in [0.1, 0.15) is 0 Å². The van der Waals surface area contributed by atoms with Crippen molar-refractivity contribution >= 4 is 27.6 Å². The lowest BCUT2D eigenvalue weighted by Crippen LogP contribution is -2.10. The maximum atomic E-state index is 12.5. The number of benzene rings is 2. The van der Waals surface area contributed by atoms with Crippen LogP contribution >= 0.6 is 0 Å². The van der Waals surface area contributed by atoms with Crippen LogP contribution in [0.25, 0.3) is 27.5 Å². The van der Waals surface area contributed by atoms with Crippen LogP contribution in [0.3, 0.4) is 0 Å². The van der Waals surface area contributed by atoms with Crippen molar-refractivity contribution in [3.63, 3.8) is 0 Å². The highest BCUT2D eigenvalue weighted by atomic mass is 16.5. The monoisotopic (exact) mass is 350 g/mol. The Morgan fingerprint density at radius 1 is 1.12 bits per heavy atom. The van der Waals surface area contributed by atoms with E-state index in [0.29, 0.717) is 35.6 Å². The second-order valence-electron chi connectivity index (χ2n) is 5.83. The molecule has 0 spiro atoms. The predicted molar refractivity (Wildman–Crippen MR) is 101 cm³/mol. The molecule has 0 fully saturated rings. The summed E-state index contributed by atoms with van der Waals surface area (Å²) < 4.78 is 12.4. The van der Waals surface area contributed by atoms with E-state index in [1.807, 2.05) is 48.5 Å². The fraction of sp³-hybridized carbons (Fsp3) is 0.158. The van der Waals surface area contributed by atoms with E-state index in [2.05, 4.69) is 10.1 Å². The van der Waals surface area contributed by atoms with Gasteiger partial charge < -0.3 is 20.2 Å². The van der Waals surface area contributed by atoms with Gasteiger partial charge in [-0.1, -0.05) is 30.3 Å². The average molecular weight is 350 g/mol. The zero-order valence-corrected chi connectivity index (χ0v) is 14.2. The second kappa shape index (κ2) is 6.53. The molecule has 0 aliphatic rings. The first-order chi connectivity index (χ1) is 12.7. The number of hydrogen-bond donors (Lipinski definition) is 2. The molecule has 7 heteroatoms. The number of nitrogens with zero attached hydrogens (tertiary/aromatic N) is 2. The lowest BCUT2D eigenvalue weighted by Gasteiger charge is -2.11. The highest BCUT2D eigenvalue weighted by Gasteiger charge is 2.18. The largest absolute Gasteiger partial charge is 0.489 e. The van der Waals surface area contributed by atoms with Gasteiger partial charge in [0.25, 0.3) is 5.56 Å². The Bertz CT molecular complexity index is 1150. The third-order valence-corrected chi connectivity index (χ3v) is 4.22. The molecule has 0 saturated heterocycles. The summed E-state index contributed by atoms with van der Waals surface area (Å²) in [4.78, 5) is 15.4. The van der Waals surface area contributed by atoms with Crippen LogP contribution in [0, 0.1) is 0 Å². The van der Waals surface area contributed by atoms with Gasteiger partial charge in [0.1, 0.15) is 34.8 Å². The number of nitrogens with two attached hydrogens (primary N) is 1. The molecule has 0 radical (unpaired) electrons. The summed E-state index contributed by atoms with van der Waals surface area (Å²) in [5.41, 5.74) is 7.98. The van der Waals surface area contributed by atoms with Crippen molar-refractivity contribution < 1.29 is 9.47 Å². The molecule has 132 valence electrons. The molecule has 0 bridgehead atoms. The molecule has 0 saturated carbocycles. The summed E-state index contributed by atoms with van der Waals surface area (Å²) in [6.45, 7) is 0.868. The van der Waals surface area contributed by atoms with Crippen LogP contribution in [-0.4, -0.2) is 35.1 Å². The van der Waals surface area contributed by atoms with E-state index in [1.54, 1.807) is 11.8 Å². The van der Waals surface area contributed by atoms with Gasteiger partial charge in [-0.3, -0.25) is 4.79 Å². The number of rotatable bonds is 5. The maximum absolute atomic E-state index is 12.5. The number of pyridine rings is 1. The predicted octanol–water partition coefficient (Wildman–Crippen LogP) is 2.47. The van der Waals surface area contributed by atoms with E-state index in [1.165, 1.54) is 0 Å². The summed E-state index contributed by atoms with van der Waals surface area (Å²) in [6.07, 6.45) is 0. The summed E-state index contributed by atoms with van der Waals surface area (Å²) in [5, 5.41) is 5.83. The van der Waals surface area contributed by atoms with Gasteiger partial charge >= 0.3 is 0 Å². The summed E-state index contributed by atoms with van der Waals surface area (Å²) in [5.74, 6) is 0.889. The lowest BCUT2D eigenvalue weighted by atomic mass is 10.1. The minimum Gasteiger partial charge on any atom is -0.489 e. The van der Waals surface area contributed by atoms with Crippen LogP contribution in [0.2, 0.25) is 0 Å². The molecule has 4 rings (SSSR count). The van der Waals surface area contributed by atoms with Crippen molar-refractivity contribution in [2.45, 2.75) is 0 Å². The smallest absolute Gasteiger partial charge is 0.261 e.